The van der Waals surface area contributed by atoms with Gasteiger partial charge in [0.05, 0.1) is 0 Å². The van der Waals surface area contributed by atoms with Crippen LogP contribution in [0.25, 0.3) is 0 Å². The van der Waals surface area contributed by atoms with E-state index in [0.717, 1.165) is 35.5 Å². The van der Waals surface area contributed by atoms with E-state index in [2.05, 4.69) is 5.32 Å². The Labute approximate surface area is 146 Å². The third-order valence-electron chi connectivity index (χ3n) is 4.73. The van der Waals surface area contributed by atoms with E-state index in [1.807, 2.05) is 53.4 Å². The average molecular weight is 336 g/mol. The van der Waals surface area contributed by atoms with Crippen LogP contribution in [0.2, 0.25) is 0 Å². The van der Waals surface area contributed by atoms with E-state index in [9.17, 15) is 9.59 Å². The normalized spacial score (nSPS) is 18.8. The zero-order chi connectivity index (χ0) is 17.2. The van der Waals surface area contributed by atoms with Gasteiger partial charge < -0.3 is 15.0 Å². The number of ether oxygens (including phenoxy) is 1. The van der Waals surface area contributed by atoms with Crippen LogP contribution in [-0.4, -0.2) is 24.5 Å². The second-order valence-corrected chi connectivity index (χ2v) is 6.45. The maximum absolute atomic E-state index is 12.3. The number of nitrogens with one attached hydrogen (secondary N) is 1. The third-order valence-corrected chi connectivity index (χ3v) is 4.73. The molecule has 0 radical (unpaired) electrons. The molecule has 2 heterocycles. The first kappa shape index (κ1) is 15.7. The number of rotatable bonds is 4. The molecule has 2 amide bonds. The highest BCUT2D eigenvalue weighted by atomic mass is 16.5. The second kappa shape index (κ2) is 6.59. The molecule has 2 aliphatic rings. The van der Waals surface area contributed by atoms with E-state index < -0.39 is 6.10 Å². The molecule has 0 aliphatic carbocycles. The molecule has 2 aliphatic heterocycles. The van der Waals surface area contributed by atoms with Crippen LogP contribution in [0.1, 0.15) is 24.0 Å². The lowest BCUT2D eigenvalue weighted by molar-refractivity contribution is -0.127. The van der Waals surface area contributed by atoms with E-state index in [4.69, 9.17) is 4.74 Å². The monoisotopic (exact) mass is 336 g/mol. The molecule has 5 nitrogen and oxygen atoms in total. The van der Waals surface area contributed by atoms with Crippen LogP contribution in [0.5, 0.6) is 5.75 Å². The molecular formula is C20H20N2O3. The molecule has 1 N–H and O–H groups in total. The van der Waals surface area contributed by atoms with Crippen molar-refractivity contribution in [2.24, 2.45) is 0 Å². The molecular weight excluding hydrogens is 316 g/mol. The van der Waals surface area contributed by atoms with E-state index in [-0.39, 0.29) is 11.8 Å². The van der Waals surface area contributed by atoms with E-state index in [0.29, 0.717) is 19.4 Å². The van der Waals surface area contributed by atoms with Gasteiger partial charge >= 0.3 is 0 Å². The van der Waals surface area contributed by atoms with E-state index >= 15 is 0 Å². The van der Waals surface area contributed by atoms with Gasteiger partial charge in [-0.1, -0.05) is 30.3 Å². The molecule has 0 spiro atoms. The molecule has 0 bridgehead atoms. The maximum atomic E-state index is 12.3. The maximum Gasteiger partial charge on any atom is 0.261 e. The van der Waals surface area contributed by atoms with Crippen molar-refractivity contribution in [2.45, 2.75) is 31.9 Å². The number of nitrogens with zero attached hydrogens (tertiary/aromatic N) is 1. The minimum atomic E-state index is -0.459. The summed E-state index contributed by atoms with van der Waals surface area (Å²) in [7, 11) is 0. The molecule has 1 atom stereocenters. The summed E-state index contributed by atoms with van der Waals surface area (Å²) in [5.41, 5.74) is 2.99. The van der Waals surface area contributed by atoms with Crippen molar-refractivity contribution < 1.29 is 14.3 Å². The highest BCUT2D eigenvalue weighted by Crippen LogP contribution is 2.28. The molecule has 5 heteroatoms. The quantitative estimate of drug-likeness (QED) is 0.933. The van der Waals surface area contributed by atoms with Crippen molar-refractivity contribution in [2.75, 3.05) is 11.4 Å². The Kier molecular flexibility index (Phi) is 4.14. The van der Waals surface area contributed by atoms with Crippen LogP contribution < -0.4 is 15.0 Å². The van der Waals surface area contributed by atoms with Crippen molar-refractivity contribution in [3.63, 3.8) is 0 Å². The van der Waals surface area contributed by atoms with Crippen molar-refractivity contribution in [1.29, 1.82) is 0 Å². The third kappa shape index (κ3) is 3.22. The van der Waals surface area contributed by atoms with Crippen molar-refractivity contribution >= 4 is 17.5 Å². The molecule has 1 saturated heterocycles. The topological polar surface area (TPSA) is 58.6 Å². The minimum Gasteiger partial charge on any atom is -0.480 e. The Bertz CT molecular complexity index is 776. The lowest BCUT2D eigenvalue weighted by Crippen LogP contribution is -2.37. The molecule has 2 aromatic carbocycles. The number of fused-ring (bicyclic) bond motifs is 1. The Morgan fingerprint density at radius 2 is 1.96 bits per heavy atom. The summed E-state index contributed by atoms with van der Waals surface area (Å²) in [4.78, 5) is 25.9. The molecule has 128 valence electrons. The van der Waals surface area contributed by atoms with Crippen LogP contribution in [0.15, 0.2) is 48.5 Å². The predicted octanol–water partition coefficient (Wildman–Crippen LogP) is 2.43. The number of para-hydroxylation sites is 1. The number of anilines is 1. The van der Waals surface area contributed by atoms with Crippen LogP contribution in [0.4, 0.5) is 5.69 Å². The summed E-state index contributed by atoms with van der Waals surface area (Å²) in [5.74, 6) is 0.872. The largest absolute Gasteiger partial charge is 0.480 e. The molecule has 0 saturated carbocycles. The first-order valence-corrected chi connectivity index (χ1v) is 8.62. The Morgan fingerprint density at radius 1 is 1.16 bits per heavy atom. The summed E-state index contributed by atoms with van der Waals surface area (Å²) in [6, 6.07) is 15.5. The number of amides is 2. The second-order valence-electron chi connectivity index (χ2n) is 6.45. The first-order chi connectivity index (χ1) is 12.2. The summed E-state index contributed by atoms with van der Waals surface area (Å²) in [6.07, 6.45) is 1.69. The average Bonchev–Trinajstić information content (AvgIpc) is 3.26. The predicted molar refractivity (Wildman–Crippen MR) is 94.4 cm³/mol. The number of carbonyl (C=O) groups is 2. The van der Waals surface area contributed by atoms with Crippen LogP contribution in [-0.2, 0) is 22.6 Å². The zero-order valence-corrected chi connectivity index (χ0v) is 13.9. The fourth-order valence-corrected chi connectivity index (χ4v) is 3.35. The highest BCUT2D eigenvalue weighted by molar-refractivity contribution is 5.95. The number of carbonyl (C=O) groups excluding carboxylic acids is 2. The molecule has 0 aromatic heterocycles. The number of hydrogen-bond acceptors (Lipinski definition) is 3. The van der Waals surface area contributed by atoms with Gasteiger partial charge in [-0.05, 0) is 35.7 Å². The zero-order valence-electron chi connectivity index (χ0n) is 13.9. The molecule has 1 fully saturated rings. The van der Waals surface area contributed by atoms with Gasteiger partial charge in [-0.3, -0.25) is 9.59 Å². The highest BCUT2D eigenvalue weighted by Gasteiger charge is 2.28. The lowest BCUT2D eigenvalue weighted by atomic mass is 10.1. The van der Waals surface area contributed by atoms with Gasteiger partial charge in [0.2, 0.25) is 5.91 Å². The Morgan fingerprint density at radius 3 is 2.68 bits per heavy atom. The van der Waals surface area contributed by atoms with Crippen molar-refractivity contribution in [1.82, 2.24) is 5.32 Å². The first-order valence-electron chi connectivity index (χ1n) is 8.62. The molecule has 4 rings (SSSR count). The van der Waals surface area contributed by atoms with Gasteiger partial charge in [0.25, 0.3) is 5.91 Å². The number of benzene rings is 2. The number of hydrogen-bond donors (Lipinski definition) is 1. The van der Waals surface area contributed by atoms with Crippen LogP contribution in [0.3, 0.4) is 0 Å². The van der Waals surface area contributed by atoms with Gasteiger partial charge in [0.15, 0.2) is 6.10 Å². The summed E-state index contributed by atoms with van der Waals surface area (Å²) in [5, 5.41) is 2.93. The minimum absolute atomic E-state index is 0.102. The molecule has 2 aromatic rings. The fourth-order valence-electron chi connectivity index (χ4n) is 3.35. The van der Waals surface area contributed by atoms with Gasteiger partial charge in [-0.2, -0.15) is 0 Å². The van der Waals surface area contributed by atoms with E-state index in [1.54, 1.807) is 0 Å². The van der Waals surface area contributed by atoms with Crippen molar-refractivity contribution in [3.8, 4) is 5.75 Å². The smallest absolute Gasteiger partial charge is 0.261 e. The Balaban J connectivity index is 1.33. The van der Waals surface area contributed by atoms with Gasteiger partial charge in [0.1, 0.15) is 5.75 Å². The SMILES string of the molecule is O=C(NCc1ccc(N2CCCC2=O)cc1)[C@@H]1Cc2ccccc2O1. The van der Waals surface area contributed by atoms with Gasteiger partial charge in [-0.25, -0.2) is 0 Å². The summed E-state index contributed by atoms with van der Waals surface area (Å²) >= 11 is 0. The molecule has 0 unspecified atom stereocenters. The fraction of sp³-hybridized carbons (Fsp3) is 0.300. The summed E-state index contributed by atoms with van der Waals surface area (Å²) < 4.78 is 5.70. The van der Waals surface area contributed by atoms with E-state index in [1.165, 1.54) is 0 Å². The lowest BCUT2D eigenvalue weighted by Gasteiger charge is -2.16. The Hall–Kier alpha value is -2.82. The standard InChI is InChI=1S/C20H20N2O3/c23-19-6-3-11-22(19)16-9-7-14(8-10-16)13-21-20(24)18-12-15-4-1-2-5-17(15)25-18/h1-2,4-5,7-10,18H,3,6,11-13H2,(H,21,24)/t18-/m0/s1. The van der Waals surface area contributed by atoms with Crippen LogP contribution >= 0.6 is 0 Å². The van der Waals surface area contributed by atoms with Crippen LogP contribution in [0, 0.1) is 0 Å². The van der Waals surface area contributed by atoms with Gasteiger partial charge in [-0.15, -0.1) is 0 Å². The summed E-state index contributed by atoms with van der Waals surface area (Å²) in [6.45, 7) is 1.23. The van der Waals surface area contributed by atoms with Gasteiger partial charge in [0, 0.05) is 31.6 Å². The van der Waals surface area contributed by atoms with Crippen molar-refractivity contribution in [3.05, 3.63) is 59.7 Å². The molecule has 25 heavy (non-hydrogen) atoms.